The molecule has 2 rings (SSSR count). The average Bonchev–Trinajstić information content (AvgIpc) is 2.54. The largest absolute Gasteiger partial charge is 0.347 e. The van der Waals surface area contributed by atoms with Gasteiger partial charge in [0.15, 0.2) is 0 Å². The molecule has 2 aromatic rings. The maximum absolute atomic E-state index is 2.34. The minimum Gasteiger partial charge on any atom is -0.347 e. The molecular weight excluding hydrogens is 218 g/mol. The van der Waals surface area contributed by atoms with Crippen molar-refractivity contribution in [2.24, 2.45) is 7.05 Å². The lowest BCUT2D eigenvalue weighted by Crippen LogP contribution is -2.15. The maximum atomic E-state index is 2.34. The molecule has 0 unspecified atom stereocenters. The van der Waals surface area contributed by atoms with E-state index in [2.05, 4.69) is 77.4 Å². The third-order valence-corrected chi connectivity index (χ3v) is 3.68. The predicted octanol–water partition coefficient (Wildman–Crippen LogP) is 4.77. The molecule has 0 bridgehead atoms. The SMILES string of the molecule is Cn1c(C(C)(C)C)cc2cc(C(C)(C)C)ccc21. The molecule has 0 amide bonds. The van der Waals surface area contributed by atoms with Crippen LogP contribution in [-0.2, 0) is 17.9 Å². The van der Waals surface area contributed by atoms with Crippen molar-refractivity contribution in [2.75, 3.05) is 0 Å². The molecule has 0 N–H and O–H groups in total. The van der Waals surface area contributed by atoms with Crippen LogP contribution in [0.5, 0.6) is 0 Å². The number of aryl methyl sites for hydroxylation is 1. The molecule has 1 aromatic carbocycles. The Morgan fingerprint density at radius 3 is 1.94 bits per heavy atom. The van der Waals surface area contributed by atoms with Crippen LogP contribution in [0.1, 0.15) is 52.8 Å². The van der Waals surface area contributed by atoms with Gasteiger partial charge in [-0.15, -0.1) is 0 Å². The lowest BCUT2D eigenvalue weighted by molar-refractivity contribution is 0.547. The van der Waals surface area contributed by atoms with E-state index < -0.39 is 0 Å². The van der Waals surface area contributed by atoms with E-state index in [0.717, 1.165) is 0 Å². The van der Waals surface area contributed by atoms with Gasteiger partial charge in [0.2, 0.25) is 0 Å². The van der Waals surface area contributed by atoms with E-state index in [1.165, 1.54) is 22.2 Å². The van der Waals surface area contributed by atoms with E-state index in [1.54, 1.807) is 0 Å². The number of nitrogens with zero attached hydrogens (tertiary/aromatic N) is 1. The molecule has 0 aliphatic heterocycles. The summed E-state index contributed by atoms with van der Waals surface area (Å²) in [5, 5.41) is 1.36. The summed E-state index contributed by atoms with van der Waals surface area (Å²) in [6.45, 7) is 13.6. The Hall–Kier alpha value is -1.24. The monoisotopic (exact) mass is 243 g/mol. The molecule has 98 valence electrons. The molecule has 1 heteroatoms. The zero-order chi connectivity index (χ0) is 13.7. The smallest absolute Gasteiger partial charge is 0.0480 e. The third-order valence-electron chi connectivity index (χ3n) is 3.68. The normalized spacial score (nSPS) is 13.3. The first-order valence-electron chi connectivity index (χ1n) is 6.71. The van der Waals surface area contributed by atoms with Crippen LogP contribution in [-0.4, -0.2) is 4.57 Å². The predicted molar refractivity (Wildman–Crippen MR) is 80.3 cm³/mol. The van der Waals surface area contributed by atoms with Crippen molar-refractivity contribution in [3.63, 3.8) is 0 Å². The van der Waals surface area contributed by atoms with Crippen LogP contribution >= 0.6 is 0 Å². The van der Waals surface area contributed by atoms with Gasteiger partial charge in [-0.25, -0.2) is 0 Å². The molecular formula is C17H25N. The van der Waals surface area contributed by atoms with Gasteiger partial charge in [-0.2, -0.15) is 0 Å². The maximum Gasteiger partial charge on any atom is 0.0480 e. The minimum absolute atomic E-state index is 0.190. The standard InChI is InChI=1S/C17H25N/c1-16(2,3)13-8-9-14-12(10-13)11-15(18(14)7)17(4,5)6/h8-11H,1-7H3. The number of rotatable bonds is 0. The first-order chi connectivity index (χ1) is 8.10. The van der Waals surface area contributed by atoms with Crippen LogP contribution in [0.4, 0.5) is 0 Å². The van der Waals surface area contributed by atoms with Gasteiger partial charge in [0.05, 0.1) is 0 Å². The van der Waals surface area contributed by atoms with Crippen molar-refractivity contribution in [2.45, 2.75) is 52.4 Å². The van der Waals surface area contributed by atoms with Crippen LogP contribution in [0.2, 0.25) is 0 Å². The van der Waals surface area contributed by atoms with Gasteiger partial charge < -0.3 is 4.57 Å². The summed E-state index contributed by atoms with van der Waals surface area (Å²) in [7, 11) is 2.17. The summed E-state index contributed by atoms with van der Waals surface area (Å²) in [6.07, 6.45) is 0. The second kappa shape index (κ2) is 3.88. The average molecular weight is 243 g/mol. The van der Waals surface area contributed by atoms with Crippen molar-refractivity contribution >= 4 is 10.9 Å². The van der Waals surface area contributed by atoms with Crippen LogP contribution in [0.15, 0.2) is 24.3 Å². The molecule has 0 radical (unpaired) electrons. The van der Waals surface area contributed by atoms with E-state index in [1.807, 2.05) is 0 Å². The number of benzene rings is 1. The Morgan fingerprint density at radius 1 is 0.833 bits per heavy atom. The fourth-order valence-corrected chi connectivity index (χ4v) is 2.54. The lowest BCUT2D eigenvalue weighted by Gasteiger charge is -2.20. The van der Waals surface area contributed by atoms with Gasteiger partial charge in [-0.1, -0.05) is 47.6 Å². The summed E-state index contributed by atoms with van der Waals surface area (Å²) in [5.74, 6) is 0. The zero-order valence-corrected chi connectivity index (χ0v) is 12.8. The van der Waals surface area contributed by atoms with E-state index in [9.17, 15) is 0 Å². The Bertz CT molecular complexity index is 574. The van der Waals surface area contributed by atoms with Crippen LogP contribution < -0.4 is 0 Å². The molecule has 1 nitrogen and oxygen atoms in total. The highest BCUT2D eigenvalue weighted by molar-refractivity contribution is 5.82. The molecule has 0 atom stereocenters. The van der Waals surface area contributed by atoms with E-state index in [0.29, 0.717) is 0 Å². The summed E-state index contributed by atoms with van der Waals surface area (Å²) in [4.78, 5) is 0. The van der Waals surface area contributed by atoms with Gasteiger partial charge in [-0.3, -0.25) is 0 Å². The molecule has 0 spiro atoms. The molecule has 1 heterocycles. The second-order valence-corrected chi connectivity index (χ2v) is 7.36. The van der Waals surface area contributed by atoms with E-state index >= 15 is 0 Å². The molecule has 0 fully saturated rings. The second-order valence-electron chi connectivity index (χ2n) is 7.36. The van der Waals surface area contributed by atoms with Gasteiger partial charge in [-0.05, 0) is 29.2 Å². The Balaban J connectivity index is 2.67. The highest BCUT2D eigenvalue weighted by atomic mass is 15.0. The van der Waals surface area contributed by atoms with Gasteiger partial charge in [0, 0.05) is 29.1 Å². The Labute approximate surface area is 111 Å². The van der Waals surface area contributed by atoms with Crippen molar-refractivity contribution in [1.82, 2.24) is 4.57 Å². The fraction of sp³-hybridized carbons (Fsp3) is 0.529. The van der Waals surface area contributed by atoms with Crippen molar-refractivity contribution in [3.8, 4) is 0 Å². The zero-order valence-electron chi connectivity index (χ0n) is 12.8. The molecule has 0 aliphatic carbocycles. The molecule has 0 saturated carbocycles. The molecule has 0 saturated heterocycles. The van der Waals surface area contributed by atoms with E-state index in [-0.39, 0.29) is 10.8 Å². The Morgan fingerprint density at radius 2 is 1.44 bits per heavy atom. The first kappa shape index (κ1) is 13.2. The number of hydrogen-bond acceptors (Lipinski definition) is 0. The van der Waals surface area contributed by atoms with Crippen LogP contribution in [0, 0.1) is 0 Å². The fourth-order valence-electron chi connectivity index (χ4n) is 2.54. The van der Waals surface area contributed by atoms with Gasteiger partial charge in [0.1, 0.15) is 0 Å². The van der Waals surface area contributed by atoms with Gasteiger partial charge in [0.25, 0.3) is 0 Å². The lowest BCUT2D eigenvalue weighted by atomic mass is 9.86. The summed E-state index contributed by atoms with van der Waals surface area (Å²) in [6, 6.07) is 9.19. The van der Waals surface area contributed by atoms with E-state index in [4.69, 9.17) is 0 Å². The van der Waals surface area contributed by atoms with Crippen molar-refractivity contribution < 1.29 is 0 Å². The molecule has 1 aromatic heterocycles. The molecule has 18 heavy (non-hydrogen) atoms. The van der Waals surface area contributed by atoms with Crippen LogP contribution in [0.25, 0.3) is 10.9 Å². The first-order valence-corrected chi connectivity index (χ1v) is 6.71. The summed E-state index contributed by atoms with van der Waals surface area (Å²) >= 11 is 0. The highest BCUT2D eigenvalue weighted by Crippen LogP contribution is 2.31. The summed E-state index contributed by atoms with van der Waals surface area (Å²) < 4.78 is 2.32. The number of fused-ring (bicyclic) bond motifs is 1. The third kappa shape index (κ3) is 2.19. The highest BCUT2D eigenvalue weighted by Gasteiger charge is 2.20. The Kier molecular flexibility index (Phi) is 2.84. The quantitative estimate of drug-likeness (QED) is 0.628. The van der Waals surface area contributed by atoms with Crippen molar-refractivity contribution in [3.05, 3.63) is 35.5 Å². The summed E-state index contributed by atoms with van der Waals surface area (Å²) in [5.41, 5.74) is 4.53. The van der Waals surface area contributed by atoms with Crippen molar-refractivity contribution in [1.29, 1.82) is 0 Å². The topological polar surface area (TPSA) is 4.93 Å². The molecule has 0 aliphatic rings. The van der Waals surface area contributed by atoms with Crippen LogP contribution in [0.3, 0.4) is 0 Å². The van der Waals surface area contributed by atoms with Gasteiger partial charge >= 0.3 is 0 Å². The number of aromatic nitrogens is 1. The number of hydrogen-bond donors (Lipinski definition) is 0. The minimum atomic E-state index is 0.190.